The molecule has 3 atom stereocenters. The molecule has 0 aromatic heterocycles. The number of nitrogens with one attached hydrogen (secondary N) is 2. The normalized spacial score (nSPS) is 25.0. The van der Waals surface area contributed by atoms with Gasteiger partial charge in [-0.1, -0.05) is 30.5 Å². The highest BCUT2D eigenvalue weighted by Crippen LogP contribution is 2.40. The molecule has 1 aliphatic carbocycles. The van der Waals surface area contributed by atoms with Crippen LogP contribution in [0.25, 0.3) is 0 Å². The molecule has 1 aromatic carbocycles. The minimum Gasteiger partial charge on any atom is -0.354 e. The molecule has 0 spiro atoms. The summed E-state index contributed by atoms with van der Waals surface area (Å²) >= 11 is 6.07. The van der Waals surface area contributed by atoms with E-state index in [9.17, 15) is 9.59 Å². The summed E-state index contributed by atoms with van der Waals surface area (Å²) in [4.78, 5) is 27.9. The standard InChI is InChI=1S/C20H28ClN3O2/c1-22-10-5-11-23-19(25)18-13-14-6-2-3-9-17(14)24(18)20(26)15-7-4-8-16(21)12-15/h4,7-8,12,14,17-18,22H,2-3,5-6,9-11,13H2,1H3,(H,23,25). The van der Waals surface area contributed by atoms with Crippen molar-refractivity contribution in [3.63, 3.8) is 0 Å². The minimum absolute atomic E-state index is 0.0223. The SMILES string of the molecule is CNCCCNC(=O)C1CC2CCCCC2N1C(=O)c1cccc(Cl)c1. The summed E-state index contributed by atoms with van der Waals surface area (Å²) in [5, 5.41) is 6.64. The van der Waals surface area contributed by atoms with Crippen LogP contribution >= 0.6 is 11.6 Å². The molecule has 2 amide bonds. The number of fused-ring (bicyclic) bond motifs is 1. The van der Waals surface area contributed by atoms with Gasteiger partial charge in [-0.25, -0.2) is 0 Å². The van der Waals surface area contributed by atoms with Gasteiger partial charge < -0.3 is 15.5 Å². The van der Waals surface area contributed by atoms with Crippen molar-refractivity contribution in [1.29, 1.82) is 0 Å². The van der Waals surface area contributed by atoms with Crippen LogP contribution in [0.3, 0.4) is 0 Å². The molecule has 3 unspecified atom stereocenters. The zero-order valence-electron chi connectivity index (χ0n) is 15.3. The second kappa shape index (κ2) is 8.87. The summed E-state index contributed by atoms with van der Waals surface area (Å²) in [6, 6.07) is 6.83. The van der Waals surface area contributed by atoms with Gasteiger partial charge in [0.25, 0.3) is 5.91 Å². The van der Waals surface area contributed by atoms with Gasteiger partial charge in [-0.15, -0.1) is 0 Å². The number of hydrogen-bond donors (Lipinski definition) is 2. The third-order valence-corrected chi connectivity index (χ3v) is 5.83. The summed E-state index contributed by atoms with van der Waals surface area (Å²) in [7, 11) is 1.90. The molecule has 2 fully saturated rings. The Labute approximate surface area is 160 Å². The minimum atomic E-state index is -0.371. The number of amides is 2. The quantitative estimate of drug-likeness (QED) is 0.749. The van der Waals surface area contributed by atoms with E-state index < -0.39 is 0 Å². The van der Waals surface area contributed by atoms with Crippen LogP contribution in [0.2, 0.25) is 5.02 Å². The maximum atomic E-state index is 13.2. The van der Waals surface area contributed by atoms with Crippen molar-refractivity contribution in [2.45, 2.75) is 50.6 Å². The van der Waals surface area contributed by atoms with Crippen molar-refractivity contribution in [2.75, 3.05) is 20.1 Å². The van der Waals surface area contributed by atoms with Crippen LogP contribution in [0.15, 0.2) is 24.3 Å². The molecular formula is C20H28ClN3O2. The zero-order valence-corrected chi connectivity index (χ0v) is 16.1. The third kappa shape index (κ3) is 4.21. The fourth-order valence-corrected chi connectivity index (χ4v) is 4.54. The number of benzene rings is 1. The Morgan fingerprint density at radius 1 is 1.23 bits per heavy atom. The van der Waals surface area contributed by atoms with Crippen LogP contribution in [0.5, 0.6) is 0 Å². The molecule has 2 N–H and O–H groups in total. The lowest BCUT2D eigenvalue weighted by Crippen LogP contribution is -2.49. The van der Waals surface area contributed by atoms with E-state index in [0.29, 0.717) is 23.0 Å². The number of nitrogens with zero attached hydrogens (tertiary/aromatic N) is 1. The lowest BCUT2D eigenvalue weighted by atomic mass is 9.84. The summed E-state index contributed by atoms with van der Waals surface area (Å²) in [5.74, 6) is 0.336. The van der Waals surface area contributed by atoms with Gasteiger partial charge in [-0.05, 0) is 63.4 Å². The Hall–Kier alpha value is -1.59. The van der Waals surface area contributed by atoms with Gasteiger partial charge in [0, 0.05) is 23.2 Å². The van der Waals surface area contributed by atoms with Gasteiger partial charge in [0.05, 0.1) is 0 Å². The van der Waals surface area contributed by atoms with Gasteiger partial charge in [-0.3, -0.25) is 9.59 Å². The molecular weight excluding hydrogens is 350 g/mol. The molecule has 142 valence electrons. The van der Waals surface area contributed by atoms with Crippen LogP contribution in [-0.4, -0.2) is 48.9 Å². The van der Waals surface area contributed by atoms with E-state index in [1.54, 1.807) is 24.3 Å². The van der Waals surface area contributed by atoms with Crippen molar-refractivity contribution in [3.8, 4) is 0 Å². The van der Waals surface area contributed by atoms with Crippen molar-refractivity contribution < 1.29 is 9.59 Å². The molecule has 26 heavy (non-hydrogen) atoms. The molecule has 3 rings (SSSR count). The molecule has 5 nitrogen and oxygen atoms in total. The first-order valence-corrected chi connectivity index (χ1v) is 10.00. The second-order valence-electron chi connectivity index (χ2n) is 7.33. The fraction of sp³-hybridized carbons (Fsp3) is 0.600. The van der Waals surface area contributed by atoms with E-state index >= 15 is 0 Å². The maximum absolute atomic E-state index is 13.2. The molecule has 1 saturated carbocycles. The number of hydrogen-bond acceptors (Lipinski definition) is 3. The largest absolute Gasteiger partial charge is 0.354 e. The predicted molar refractivity (Wildman–Crippen MR) is 103 cm³/mol. The highest BCUT2D eigenvalue weighted by Gasteiger charge is 2.47. The van der Waals surface area contributed by atoms with Gasteiger partial charge in [-0.2, -0.15) is 0 Å². The van der Waals surface area contributed by atoms with E-state index in [1.165, 1.54) is 6.42 Å². The Morgan fingerprint density at radius 2 is 2.04 bits per heavy atom. The highest BCUT2D eigenvalue weighted by molar-refractivity contribution is 6.31. The second-order valence-corrected chi connectivity index (χ2v) is 7.77. The first-order chi connectivity index (χ1) is 12.6. The Bertz CT molecular complexity index is 652. The molecule has 6 heteroatoms. The van der Waals surface area contributed by atoms with Crippen LogP contribution in [0, 0.1) is 5.92 Å². The molecule has 1 aliphatic heterocycles. The van der Waals surface area contributed by atoms with E-state index in [2.05, 4.69) is 10.6 Å². The van der Waals surface area contributed by atoms with Gasteiger partial charge in [0.15, 0.2) is 0 Å². The first kappa shape index (κ1) is 19.2. The number of likely N-dealkylation sites (tertiary alicyclic amines) is 1. The third-order valence-electron chi connectivity index (χ3n) is 5.60. The van der Waals surface area contributed by atoms with Crippen molar-refractivity contribution in [2.24, 2.45) is 5.92 Å². The number of rotatable bonds is 6. The van der Waals surface area contributed by atoms with Gasteiger partial charge in [0.1, 0.15) is 6.04 Å². The monoisotopic (exact) mass is 377 g/mol. The molecule has 2 aliphatic rings. The molecule has 1 aromatic rings. The van der Waals surface area contributed by atoms with Crippen molar-refractivity contribution >= 4 is 23.4 Å². The van der Waals surface area contributed by atoms with E-state index in [0.717, 1.165) is 38.6 Å². The van der Waals surface area contributed by atoms with Crippen LogP contribution < -0.4 is 10.6 Å². The van der Waals surface area contributed by atoms with Crippen LogP contribution in [-0.2, 0) is 4.79 Å². The fourth-order valence-electron chi connectivity index (χ4n) is 4.35. The average molecular weight is 378 g/mol. The lowest BCUT2D eigenvalue weighted by Gasteiger charge is -2.33. The Balaban J connectivity index is 1.77. The van der Waals surface area contributed by atoms with Crippen molar-refractivity contribution in [1.82, 2.24) is 15.5 Å². The maximum Gasteiger partial charge on any atom is 0.254 e. The van der Waals surface area contributed by atoms with E-state index in [-0.39, 0.29) is 23.9 Å². The smallest absolute Gasteiger partial charge is 0.254 e. The van der Waals surface area contributed by atoms with Gasteiger partial charge >= 0.3 is 0 Å². The molecule has 1 heterocycles. The predicted octanol–water partition coefficient (Wildman–Crippen LogP) is 2.84. The Kier molecular flexibility index (Phi) is 6.54. The van der Waals surface area contributed by atoms with Crippen LogP contribution in [0.1, 0.15) is 48.9 Å². The van der Waals surface area contributed by atoms with E-state index in [4.69, 9.17) is 11.6 Å². The summed E-state index contributed by atoms with van der Waals surface area (Å²) in [6.07, 6.45) is 6.06. The highest BCUT2D eigenvalue weighted by atomic mass is 35.5. The molecule has 0 bridgehead atoms. The number of carbonyl (C=O) groups excluding carboxylic acids is 2. The zero-order chi connectivity index (χ0) is 18.5. The topological polar surface area (TPSA) is 61.4 Å². The summed E-state index contributed by atoms with van der Waals surface area (Å²) in [6.45, 7) is 1.49. The lowest BCUT2D eigenvalue weighted by molar-refractivity contribution is -0.125. The van der Waals surface area contributed by atoms with Crippen molar-refractivity contribution in [3.05, 3.63) is 34.9 Å². The molecule has 0 radical (unpaired) electrons. The van der Waals surface area contributed by atoms with Crippen LogP contribution in [0.4, 0.5) is 0 Å². The van der Waals surface area contributed by atoms with E-state index in [1.807, 2.05) is 11.9 Å². The number of halogens is 1. The molecule has 1 saturated heterocycles. The Morgan fingerprint density at radius 3 is 2.81 bits per heavy atom. The van der Waals surface area contributed by atoms with Gasteiger partial charge in [0.2, 0.25) is 5.91 Å². The number of carbonyl (C=O) groups is 2. The summed E-state index contributed by atoms with van der Waals surface area (Å²) < 4.78 is 0. The summed E-state index contributed by atoms with van der Waals surface area (Å²) in [5.41, 5.74) is 0.566. The first-order valence-electron chi connectivity index (χ1n) is 9.62. The average Bonchev–Trinajstić information content (AvgIpc) is 3.04.